The van der Waals surface area contributed by atoms with Crippen molar-refractivity contribution in [1.29, 1.82) is 0 Å². The van der Waals surface area contributed by atoms with Crippen LogP contribution in [0.5, 0.6) is 0 Å². The van der Waals surface area contributed by atoms with Gasteiger partial charge in [0.2, 0.25) is 0 Å². The molecule has 0 aliphatic rings. The summed E-state index contributed by atoms with van der Waals surface area (Å²) in [6.07, 6.45) is -4.74. The molecule has 0 aliphatic heterocycles. The number of carbonyl (C=O) groups is 2. The third-order valence-electron chi connectivity index (χ3n) is 4.93. The van der Waals surface area contributed by atoms with Crippen molar-refractivity contribution in [3.63, 3.8) is 0 Å². The van der Waals surface area contributed by atoms with Gasteiger partial charge in [0.15, 0.2) is 0 Å². The largest absolute Gasteiger partial charge is 0.471 e. The third kappa shape index (κ3) is 7.22. The summed E-state index contributed by atoms with van der Waals surface area (Å²) in [5.41, 5.74) is 2.25. The topological polar surface area (TPSA) is 88.0 Å². The van der Waals surface area contributed by atoms with Crippen LogP contribution in [0.4, 0.5) is 29.5 Å². The summed E-state index contributed by atoms with van der Waals surface area (Å²) in [5, 5.41) is 12.6. The van der Waals surface area contributed by atoms with Crippen molar-refractivity contribution in [1.82, 2.24) is 15.1 Å². The van der Waals surface area contributed by atoms with Crippen LogP contribution in [-0.4, -0.2) is 34.4 Å². The Morgan fingerprint density at radius 1 is 1.00 bits per heavy atom. The van der Waals surface area contributed by atoms with E-state index in [2.05, 4.69) is 15.7 Å². The van der Waals surface area contributed by atoms with Crippen LogP contribution in [0.25, 0.3) is 5.69 Å². The van der Waals surface area contributed by atoms with Crippen LogP contribution in [0.2, 0.25) is 5.02 Å². The van der Waals surface area contributed by atoms with Crippen LogP contribution < -0.4 is 16.0 Å². The molecular formula is C24H25ClF3N5O2. The summed E-state index contributed by atoms with van der Waals surface area (Å²) in [4.78, 5) is 23.7. The number of urea groups is 1. The zero-order valence-electron chi connectivity index (χ0n) is 19.3. The zero-order valence-corrected chi connectivity index (χ0v) is 20.1. The Hall–Kier alpha value is -3.53. The lowest BCUT2D eigenvalue weighted by molar-refractivity contribution is -0.173. The molecule has 0 unspecified atom stereocenters. The van der Waals surface area contributed by atoms with Crippen molar-refractivity contribution in [2.45, 2.75) is 38.8 Å². The molecule has 0 saturated carbocycles. The highest BCUT2D eigenvalue weighted by atomic mass is 35.5. The fourth-order valence-corrected chi connectivity index (χ4v) is 3.24. The van der Waals surface area contributed by atoms with Gasteiger partial charge in [-0.05, 0) is 48.4 Å². The van der Waals surface area contributed by atoms with E-state index in [1.165, 1.54) is 0 Å². The number of halogens is 4. The zero-order chi connectivity index (χ0) is 25.8. The molecule has 0 spiro atoms. The molecule has 3 rings (SSSR count). The van der Waals surface area contributed by atoms with Crippen molar-refractivity contribution in [3.05, 3.63) is 70.9 Å². The average Bonchev–Trinajstić information content (AvgIpc) is 3.19. The number of aromatic nitrogens is 2. The van der Waals surface area contributed by atoms with Crippen molar-refractivity contribution in [3.8, 4) is 5.69 Å². The molecule has 0 atom stereocenters. The lowest BCUT2D eigenvalue weighted by atomic mass is 9.92. The van der Waals surface area contributed by atoms with Gasteiger partial charge in [0.05, 0.1) is 11.4 Å². The first-order chi connectivity index (χ1) is 16.3. The van der Waals surface area contributed by atoms with Gasteiger partial charge in [-0.3, -0.25) is 10.1 Å². The number of nitrogens with zero attached hydrogens (tertiary/aromatic N) is 2. The first-order valence-corrected chi connectivity index (χ1v) is 11.1. The molecule has 0 fully saturated rings. The number of carbonyl (C=O) groups excluding carboxylic acids is 2. The van der Waals surface area contributed by atoms with Crippen LogP contribution in [0.1, 0.15) is 32.0 Å². The summed E-state index contributed by atoms with van der Waals surface area (Å²) in [5.74, 6) is -1.57. The van der Waals surface area contributed by atoms with Crippen LogP contribution >= 0.6 is 11.6 Å². The van der Waals surface area contributed by atoms with E-state index in [-0.39, 0.29) is 18.4 Å². The average molecular weight is 508 g/mol. The monoisotopic (exact) mass is 507 g/mol. The quantitative estimate of drug-likeness (QED) is 0.400. The lowest BCUT2D eigenvalue weighted by Gasteiger charge is -2.14. The minimum absolute atomic E-state index is 0.178. The van der Waals surface area contributed by atoms with Crippen molar-refractivity contribution in [2.24, 2.45) is 0 Å². The predicted octanol–water partition coefficient (Wildman–Crippen LogP) is 5.69. The highest BCUT2D eigenvalue weighted by Crippen LogP contribution is 2.27. The van der Waals surface area contributed by atoms with E-state index in [9.17, 15) is 22.8 Å². The van der Waals surface area contributed by atoms with Crippen LogP contribution in [0.15, 0.2) is 54.6 Å². The van der Waals surface area contributed by atoms with Crippen molar-refractivity contribution < 1.29 is 22.8 Å². The summed E-state index contributed by atoms with van der Waals surface area (Å²) in [6.45, 7) is 5.77. The van der Waals surface area contributed by atoms with Crippen molar-refractivity contribution >= 4 is 35.0 Å². The standard InChI is InChI=1S/C24H25ClF3N5O2/c1-23(2,3)19-14-20(31-22(35)30-17-9-7-16(25)8-10-17)33(32-19)18-6-4-5-15(13-18)11-12-29-21(34)24(26,27)28/h4-10,13-14H,11-12H2,1-3H3,(H,29,34)(H2,30,31,35). The predicted molar refractivity (Wildman–Crippen MR) is 129 cm³/mol. The van der Waals surface area contributed by atoms with Crippen LogP contribution in [0, 0.1) is 0 Å². The minimum atomic E-state index is -4.92. The van der Waals surface area contributed by atoms with Gasteiger partial charge in [-0.25, -0.2) is 9.48 Å². The molecule has 0 saturated heterocycles. The number of alkyl halides is 3. The summed E-state index contributed by atoms with van der Waals surface area (Å²) in [7, 11) is 0. The fourth-order valence-electron chi connectivity index (χ4n) is 3.11. The highest BCUT2D eigenvalue weighted by Gasteiger charge is 2.38. The molecule has 1 heterocycles. The Morgan fingerprint density at radius 2 is 1.69 bits per heavy atom. The van der Waals surface area contributed by atoms with E-state index in [1.54, 1.807) is 59.3 Å². The Balaban J connectivity index is 1.81. The number of amides is 3. The van der Waals surface area contributed by atoms with Gasteiger partial charge < -0.3 is 10.6 Å². The second-order valence-corrected chi connectivity index (χ2v) is 9.27. The first kappa shape index (κ1) is 26.1. The molecule has 1 aromatic heterocycles. The van der Waals surface area contributed by atoms with E-state index in [1.807, 2.05) is 26.1 Å². The van der Waals surface area contributed by atoms with Crippen molar-refractivity contribution in [2.75, 3.05) is 17.2 Å². The molecule has 7 nitrogen and oxygen atoms in total. The third-order valence-corrected chi connectivity index (χ3v) is 5.19. The lowest BCUT2D eigenvalue weighted by Crippen LogP contribution is -2.37. The molecule has 0 radical (unpaired) electrons. The smallest absolute Gasteiger partial charge is 0.348 e. The normalized spacial score (nSPS) is 11.7. The van der Waals surface area contributed by atoms with Gasteiger partial charge in [0, 0.05) is 28.7 Å². The molecule has 3 amide bonds. The summed E-state index contributed by atoms with van der Waals surface area (Å²) >= 11 is 5.88. The number of hydrogen-bond acceptors (Lipinski definition) is 3. The number of hydrogen-bond donors (Lipinski definition) is 3. The Bertz CT molecular complexity index is 1200. The maximum absolute atomic E-state index is 12.6. The molecule has 0 aliphatic carbocycles. The molecule has 3 aromatic rings. The molecule has 11 heteroatoms. The van der Waals surface area contributed by atoms with E-state index in [4.69, 9.17) is 11.6 Å². The van der Waals surface area contributed by atoms with E-state index >= 15 is 0 Å². The minimum Gasteiger partial charge on any atom is -0.348 e. The van der Waals surface area contributed by atoms with Gasteiger partial charge in [0.25, 0.3) is 0 Å². The fraction of sp³-hybridized carbons (Fsp3) is 0.292. The summed E-state index contributed by atoms with van der Waals surface area (Å²) in [6, 6.07) is 14.9. The molecule has 186 valence electrons. The number of rotatable bonds is 6. The molecule has 3 N–H and O–H groups in total. The highest BCUT2D eigenvalue weighted by molar-refractivity contribution is 6.30. The van der Waals surface area contributed by atoms with Gasteiger partial charge in [-0.1, -0.05) is 44.5 Å². The van der Waals surface area contributed by atoms with Crippen LogP contribution in [0.3, 0.4) is 0 Å². The Labute approximate surface area is 205 Å². The van der Waals surface area contributed by atoms with Gasteiger partial charge in [-0.15, -0.1) is 0 Å². The second kappa shape index (κ2) is 10.4. The van der Waals surface area contributed by atoms with E-state index < -0.39 is 18.1 Å². The van der Waals surface area contributed by atoms with Crippen LogP contribution in [-0.2, 0) is 16.6 Å². The molecule has 0 bridgehead atoms. The maximum atomic E-state index is 12.6. The Morgan fingerprint density at radius 3 is 2.31 bits per heavy atom. The number of benzene rings is 2. The SMILES string of the molecule is CC(C)(C)c1cc(NC(=O)Nc2ccc(Cl)cc2)n(-c2cccc(CCNC(=O)C(F)(F)F)c2)n1. The van der Waals surface area contributed by atoms with Gasteiger partial charge in [0.1, 0.15) is 5.82 Å². The molecular weight excluding hydrogens is 483 g/mol. The van der Waals surface area contributed by atoms with E-state index in [0.717, 1.165) is 5.69 Å². The molecule has 2 aromatic carbocycles. The first-order valence-electron chi connectivity index (χ1n) is 10.7. The van der Waals surface area contributed by atoms with E-state index in [0.29, 0.717) is 27.8 Å². The number of nitrogens with one attached hydrogen (secondary N) is 3. The van der Waals surface area contributed by atoms with Gasteiger partial charge in [-0.2, -0.15) is 18.3 Å². The second-order valence-electron chi connectivity index (χ2n) is 8.84. The maximum Gasteiger partial charge on any atom is 0.471 e. The molecule has 35 heavy (non-hydrogen) atoms. The summed E-state index contributed by atoms with van der Waals surface area (Å²) < 4.78 is 38.7. The Kier molecular flexibility index (Phi) is 7.74. The van der Waals surface area contributed by atoms with Gasteiger partial charge >= 0.3 is 18.1 Å². The number of anilines is 2.